The molecule has 1 heterocycles. The summed E-state index contributed by atoms with van der Waals surface area (Å²) in [4.78, 5) is 6.65. The van der Waals surface area contributed by atoms with Gasteiger partial charge in [-0.15, -0.1) is 0 Å². The van der Waals surface area contributed by atoms with Crippen LogP contribution >= 0.6 is 15.9 Å². The van der Waals surface area contributed by atoms with Crippen molar-refractivity contribution in [1.82, 2.24) is 0 Å². The molecule has 0 radical (unpaired) electrons. The van der Waals surface area contributed by atoms with E-state index in [1.165, 1.54) is 63.5 Å². The van der Waals surface area contributed by atoms with Crippen molar-refractivity contribution in [3.8, 4) is 0 Å². The summed E-state index contributed by atoms with van der Waals surface area (Å²) in [5, 5.41) is 2.12. The molecule has 0 bridgehead atoms. The van der Waals surface area contributed by atoms with Crippen LogP contribution in [0.25, 0.3) is 0 Å². The number of nitrogens with zero attached hydrogens (tertiary/aromatic N) is 1. The van der Waals surface area contributed by atoms with Gasteiger partial charge in [0.1, 0.15) is 6.10 Å². The van der Waals surface area contributed by atoms with Crippen molar-refractivity contribution in [2.75, 3.05) is 11.6 Å². The zero-order valence-corrected chi connectivity index (χ0v) is 20.2. The smallest absolute Gasteiger partial charge is 0.108 e. The van der Waals surface area contributed by atoms with Crippen LogP contribution in [-0.4, -0.2) is 12.6 Å². The van der Waals surface area contributed by atoms with Crippen molar-refractivity contribution in [3.63, 3.8) is 0 Å². The van der Waals surface area contributed by atoms with Crippen LogP contribution in [0.1, 0.15) is 71.6 Å². The molecule has 4 aliphatic carbocycles. The summed E-state index contributed by atoms with van der Waals surface area (Å²) in [5.41, 5.74) is 3.79. The molecule has 6 rings (SSSR count). The molecule has 1 aliphatic heterocycles. The molecule has 5 aliphatic rings. The number of hydroxylamine groups is 1. The first-order chi connectivity index (χ1) is 14.5. The molecule has 162 valence electrons. The van der Waals surface area contributed by atoms with Gasteiger partial charge in [-0.25, -0.2) is 5.06 Å². The molecule has 0 unspecified atom stereocenters. The lowest BCUT2D eigenvalue weighted by Crippen LogP contribution is -2.52. The van der Waals surface area contributed by atoms with Crippen LogP contribution in [0, 0.1) is 34.5 Å². The van der Waals surface area contributed by atoms with Gasteiger partial charge in [-0.05, 0) is 109 Å². The molecule has 2 nitrogen and oxygen atoms in total. The Morgan fingerprint density at radius 3 is 2.63 bits per heavy atom. The lowest BCUT2D eigenvalue weighted by molar-refractivity contribution is -0.0981. The third-order valence-electron chi connectivity index (χ3n) is 10.3. The van der Waals surface area contributed by atoms with Crippen LogP contribution in [0.2, 0.25) is 0 Å². The molecular formula is C27H36BrNO. The van der Waals surface area contributed by atoms with E-state index in [0.717, 1.165) is 34.7 Å². The van der Waals surface area contributed by atoms with E-state index in [0.29, 0.717) is 10.8 Å². The quantitative estimate of drug-likeness (QED) is 0.393. The number of fused-ring (bicyclic) bond motifs is 7. The highest BCUT2D eigenvalue weighted by Crippen LogP contribution is 2.67. The maximum absolute atomic E-state index is 6.65. The molecule has 0 saturated heterocycles. The van der Waals surface area contributed by atoms with Crippen LogP contribution in [0.5, 0.6) is 0 Å². The molecule has 4 saturated carbocycles. The predicted molar refractivity (Wildman–Crippen MR) is 126 cm³/mol. The SMILES string of the molecule is C[C@]12CCCC[C@@H]1CC[C@@H]1[C@@H]2CC[C@]2(C)C3=CCN(c4ccc(Br)cc4)O[C@@H]3C[C@@H]12. The second kappa shape index (κ2) is 7.10. The molecule has 0 amide bonds. The Balaban J connectivity index is 1.27. The highest BCUT2D eigenvalue weighted by molar-refractivity contribution is 9.10. The lowest BCUT2D eigenvalue weighted by Gasteiger charge is -2.60. The molecule has 0 aromatic heterocycles. The van der Waals surface area contributed by atoms with Crippen molar-refractivity contribution in [3.05, 3.63) is 40.4 Å². The van der Waals surface area contributed by atoms with E-state index >= 15 is 0 Å². The van der Waals surface area contributed by atoms with E-state index in [2.05, 4.69) is 65.2 Å². The van der Waals surface area contributed by atoms with Crippen molar-refractivity contribution in [2.24, 2.45) is 34.5 Å². The molecule has 0 spiro atoms. The van der Waals surface area contributed by atoms with Crippen molar-refractivity contribution >= 4 is 21.6 Å². The standard InChI is InChI=1S/C27H36BrNO/c1-26-14-4-3-5-18(26)6-11-21-22(26)12-15-27(2)23-13-16-29(30-25(23)17-24(21)27)20-9-7-19(28)8-10-20/h7-10,13,18,21-22,24-25H,3-6,11-12,14-17H2,1-2H3/t18-,21-,22+,24+,25-,26+,27-/m1/s1. The summed E-state index contributed by atoms with van der Waals surface area (Å²) in [6, 6.07) is 8.55. The largest absolute Gasteiger partial charge is 0.265 e. The Morgan fingerprint density at radius 1 is 0.967 bits per heavy atom. The predicted octanol–water partition coefficient (Wildman–Crippen LogP) is 7.54. The number of benzene rings is 1. The summed E-state index contributed by atoms with van der Waals surface area (Å²) >= 11 is 3.55. The molecule has 30 heavy (non-hydrogen) atoms. The van der Waals surface area contributed by atoms with Crippen molar-refractivity contribution < 1.29 is 4.84 Å². The van der Waals surface area contributed by atoms with E-state index in [4.69, 9.17) is 4.84 Å². The number of rotatable bonds is 1. The highest BCUT2D eigenvalue weighted by Gasteiger charge is 2.61. The van der Waals surface area contributed by atoms with E-state index in [1.54, 1.807) is 5.57 Å². The van der Waals surface area contributed by atoms with Crippen LogP contribution in [0.4, 0.5) is 5.69 Å². The Hall–Kier alpha value is -0.800. The van der Waals surface area contributed by atoms with Crippen molar-refractivity contribution in [2.45, 2.75) is 77.7 Å². The Morgan fingerprint density at radius 2 is 1.80 bits per heavy atom. The summed E-state index contributed by atoms with van der Waals surface area (Å²) < 4.78 is 1.12. The van der Waals surface area contributed by atoms with Gasteiger partial charge in [0.15, 0.2) is 0 Å². The monoisotopic (exact) mass is 469 g/mol. The Bertz CT molecular complexity index is 849. The number of anilines is 1. The third kappa shape index (κ3) is 2.83. The molecule has 1 aromatic carbocycles. The van der Waals surface area contributed by atoms with Gasteiger partial charge in [-0.3, -0.25) is 4.84 Å². The summed E-state index contributed by atoms with van der Waals surface area (Å²) in [6.07, 6.45) is 15.8. The first-order valence-electron chi connectivity index (χ1n) is 12.4. The second-order valence-corrected chi connectivity index (χ2v) is 12.3. The number of hydrogen-bond donors (Lipinski definition) is 0. The normalized spacial score (nSPS) is 45.1. The van der Waals surface area contributed by atoms with E-state index in [-0.39, 0.29) is 6.10 Å². The van der Waals surface area contributed by atoms with E-state index in [1.807, 2.05) is 0 Å². The van der Waals surface area contributed by atoms with Crippen LogP contribution in [0.3, 0.4) is 0 Å². The van der Waals surface area contributed by atoms with E-state index < -0.39 is 0 Å². The Kier molecular flexibility index (Phi) is 4.70. The van der Waals surface area contributed by atoms with Gasteiger partial charge in [-0.2, -0.15) is 0 Å². The zero-order chi connectivity index (χ0) is 20.5. The zero-order valence-electron chi connectivity index (χ0n) is 18.6. The second-order valence-electron chi connectivity index (χ2n) is 11.4. The van der Waals surface area contributed by atoms with Gasteiger partial charge < -0.3 is 0 Å². The van der Waals surface area contributed by atoms with Crippen molar-refractivity contribution in [1.29, 1.82) is 0 Å². The van der Waals surface area contributed by atoms with Gasteiger partial charge in [0.2, 0.25) is 0 Å². The van der Waals surface area contributed by atoms with E-state index in [9.17, 15) is 0 Å². The van der Waals surface area contributed by atoms with Gasteiger partial charge in [0.25, 0.3) is 0 Å². The Labute approximate surface area is 190 Å². The van der Waals surface area contributed by atoms with Gasteiger partial charge in [0, 0.05) is 4.47 Å². The molecule has 4 fully saturated rings. The highest BCUT2D eigenvalue weighted by atomic mass is 79.9. The fourth-order valence-electron chi connectivity index (χ4n) is 8.75. The summed E-state index contributed by atoms with van der Waals surface area (Å²) in [5.74, 6) is 3.69. The van der Waals surface area contributed by atoms with Gasteiger partial charge in [0.05, 0.1) is 12.2 Å². The lowest BCUT2D eigenvalue weighted by atomic mass is 9.45. The summed E-state index contributed by atoms with van der Waals surface area (Å²) in [6.45, 7) is 6.15. The minimum absolute atomic E-state index is 0.285. The van der Waals surface area contributed by atoms with Gasteiger partial charge >= 0.3 is 0 Å². The average molecular weight is 470 g/mol. The van der Waals surface area contributed by atoms with Gasteiger partial charge in [-0.1, -0.05) is 48.7 Å². The van der Waals surface area contributed by atoms with Crippen LogP contribution in [0.15, 0.2) is 40.4 Å². The minimum atomic E-state index is 0.285. The molecule has 3 heteroatoms. The third-order valence-corrected chi connectivity index (χ3v) is 10.8. The van der Waals surface area contributed by atoms with Crippen LogP contribution < -0.4 is 5.06 Å². The average Bonchev–Trinajstić information content (AvgIpc) is 3.06. The number of hydrogen-bond acceptors (Lipinski definition) is 2. The maximum Gasteiger partial charge on any atom is 0.108 e. The molecule has 0 N–H and O–H groups in total. The first kappa shape index (κ1) is 19.9. The van der Waals surface area contributed by atoms with Crippen LogP contribution in [-0.2, 0) is 4.84 Å². The summed E-state index contributed by atoms with van der Waals surface area (Å²) in [7, 11) is 0. The maximum atomic E-state index is 6.65. The molecule has 1 aromatic rings. The fourth-order valence-corrected chi connectivity index (χ4v) is 9.01. The topological polar surface area (TPSA) is 12.5 Å². The minimum Gasteiger partial charge on any atom is -0.265 e. The first-order valence-corrected chi connectivity index (χ1v) is 13.2. The molecular weight excluding hydrogens is 434 g/mol. The number of halogens is 1. The molecule has 7 atom stereocenters. The fraction of sp³-hybridized carbons (Fsp3) is 0.704.